The minimum atomic E-state index is -0.811. The fraction of sp³-hybridized carbons (Fsp3) is 1.00. The lowest BCUT2D eigenvalue weighted by molar-refractivity contribution is 0.00578. The van der Waals surface area contributed by atoms with Crippen molar-refractivity contribution in [3.8, 4) is 0 Å². The van der Waals surface area contributed by atoms with E-state index in [9.17, 15) is 0 Å². The number of hydrogen-bond donors (Lipinski definition) is 0. The zero-order valence-corrected chi connectivity index (χ0v) is 16.6. The Balaban J connectivity index is 2.01. The second-order valence-corrected chi connectivity index (χ2v) is 14.5. The summed E-state index contributed by atoms with van der Waals surface area (Å²) in [5.41, 5.74) is -0.344. The van der Waals surface area contributed by atoms with Crippen molar-refractivity contribution in [1.82, 2.24) is 0 Å². The van der Waals surface area contributed by atoms with E-state index in [4.69, 9.17) is 9.31 Å². The van der Waals surface area contributed by atoms with Gasteiger partial charge in [-0.1, -0.05) is 64.2 Å². The summed E-state index contributed by atoms with van der Waals surface area (Å²) < 4.78 is 12.1. The fourth-order valence-electron chi connectivity index (χ4n) is 2.76. The maximum atomic E-state index is 6.03. The quantitative estimate of drug-likeness (QED) is 0.398. The molecule has 1 heterocycles. The van der Waals surface area contributed by atoms with Crippen LogP contribution in [0.1, 0.15) is 66.2 Å². The molecule has 1 saturated heterocycles. The Labute approximate surface area is 134 Å². The number of hydrogen-bond acceptors (Lipinski definition) is 2. The van der Waals surface area contributed by atoms with Crippen LogP contribution in [-0.4, -0.2) is 26.4 Å². The first-order valence-electron chi connectivity index (χ1n) is 8.89. The maximum Gasteiger partial charge on any atom is 0.457 e. The summed E-state index contributed by atoms with van der Waals surface area (Å²) in [6.07, 6.45) is 9.20. The van der Waals surface area contributed by atoms with E-state index in [1.165, 1.54) is 44.6 Å². The first-order valence-corrected chi connectivity index (χ1v) is 12.6. The van der Waals surface area contributed by atoms with Crippen molar-refractivity contribution in [2.75, 3.05) is 0 Å². The molecule has 2 nitrogen and oxygen atoms in total. The topological polar surface area (TPSA) is 18.5 Å². The van der Waals surface area contributed by atoms with Crippen LogP contribution in [0.4, 0.5) is 0 Å². The van der Waals surface area contributed by atoms with Crippen LogP contribution in [0.5, 0.6) is 0 Å². The zero-order chi connectivity index (χ0) is 16.1. The van der Waals surface area contributed by atoms with Crippen LogP contribution in [-0.2, 0) is 9.31 Å². The van der Waals surface area contributed by atoms with Gasteiger partial charge >= 0.3 is 7.12 Å². The van der Waals surface area contributed by atoms with Gasteiger partial charge in [0, 0.05) is 8.07 Å². The Kier molecular flexibility index (Phi) is 7.01. The van der Waals surface area contributed by atoms with E-state index >= 15 is 0 Å². The number of rotatable bonds is 9. The monoisotopic (exact) mass is 312 g/mol. The smallest absolute Gasteiger partial charge is 0.403 e. The lowest BCUT2D eigenvalue weighted by Gasteiger charge is -2.32. The van der Waals surface area contributed by atoms with Gasteiger partial charge in [0.25, 0.3) is 0 Å². The Morgan fingerprint density at radius 1 is 0.714 bits per heavy atom. The second-order valence-electron chi connectivity index (χ2n) is 8.91. The van der Waals surface area contributed by atoms with Gasteiger partial charge < -0.3 is 9.31 Å². The molecule has 0 unspecified atom stereocenters. The normalized spacial score (nSPS) is 21.0. The van der Waals surface area contributed by atoms with Gasteiger partial charge in [0.1, 0.15) is 0 Å². The Morgan fingerprint density at radius 3 is 1.62 bits per heavy atom. The molecule has 0 atom stereocenters. The molecule has 0 saturated carbocycles. The molecule has 0 aliphatic carbocycles. The van der Waals surface area contributed by atoms with Gasteiger partial charge in [-0.25, -0.2) is 0 Å². The summed E-state index contributed by atoms with van der Waals surface area (Å²) in [6, 6.07) is 1.49. The molecular formula is C17H37BO2Si. The van der Waals surface area contributed by atoms with E-state index < -0.39 is 8.07 Å². The van der Waals surface area contributed by atoms with Crippen molar-refractivity contribution in [1.29, 1.82) is 0 Å². The minimum Gasteiger partial charge on any atom is -0.403 e. The average molecular weight is 312 g/mol. The molecule has 0 aromatic carbocycles. The van der Waals surface area contributed by atoms with E-state index in [1.54, 1.807) is 0 Å². The van der Waals surface area contributed by atoms with Crippen LogP contribution in [0.2, 0.25) is 32.0 Å². The molecule has 4 heteroatoms. The van der Waals surface area contributed by atoms with Crippen molar-refractivity contribution in [2.45, 2.75) is 109 Å². The summed E-state index contributed by atoms with van der Waals surface area (Å²) in [6.45, 7) is 15.9. The van der Waals surface area contributed by atoms with E-state index in [0.717, 1.165) is 6.32 Å². The molecule has 0 N–H and O–H groups in total. The van der Waals surface area contributed by atoms with Crippen molar-refractivity contribution in [3.63, 3.8) is 0 Å². The summed E-state index contributed by atoms with van der Waals surface area (Å²) >= 11 is 0. The van der Waals surface area contributed by atoms with E-state index in [0.29, 0.717) is 0 Å². The minimum absolute atomic E-state index is 0.00175. The lowest BCUT2D eigenvalue weighted by atomic mass is 9.82. The van der Waals surface area contributed by atoms with Gasteiger partial charge in [0.15, 0.2) is 0 Å². The molecule has 124 valence electrons. The fourth-order valence-corrected chi connectivity index (χ4v) is 4.07. The third-order valence-corrected chi connectivity index (χ3v) is 6.77. The highest BCUT2D eigenvalue weighted by molar-refractivity contribution is 6.76. The molecule has 1 aliphatic rings. The van der Waals surface area contributed by atoms with Crippen LogP contribution >= 0.6 is 0 Å². The predicted octanol–water partition coefficient (Wildman–Crippen LogP) is 5.76. The molecule has 0 spiro atoms. The Bertz CT molecular complexity index is 294. The lowest BCUT2D eigenvalue weighted by Crippen LogP contribution is -2.41. The molecule has 1 rings (SSSR count). The first kappa shape index (κ1) is 19.2. The highest BCUT2D eigenvalue weighted by Crippen LogP contribution is 2.38. The summed E-state index contributed by atoms with van der Waals surface area (Å²) in [7, 11) is -0.809. The van der Waals surface area contributed by atoms with Gasteiger partial charge in [-0.2, -0.15) is 0 Å². The van der Waals surface area contributed by atoms with Crippen molar-refractivity contribution in [3.05, 3.63) is 0 Å². The zero-order valence-electron chi connectivity index (χ0n) is 15.6. The molecule has 0 aromatic rings. The first-order chi connectivity index (χ1) is 9.54. The molecule has 0 aromatic heterocycles. The van der Waals surface area contributed by atoms with Crippen LogP contribution in [0.15, 0.2) is 0 Å². The molecule has 0 radical (unpaired) electrons. The van der Waals surface area contributed by atoms with Crippen LogP contribution in [0, 0.1) is 0 Å². The van der Waals surface area contributed by atoms with Crippen LogP contribution < -0.4 is 0 Å². The third kappa shape index (κ3) is 6.87. The van der Waals surface area contributed by atoms with E-state index in [2.05, 4.69) is 47.3 Å². The summed E-state index contributed by atoms with van der Waals surface area (Å²) in [4.78, 5) is 0. The standard InChI is InChI=1S/C17H37BO2Si/c1-16(2)17(3,4)20-18(19-16)14-12-10-8-9-11-13-15-21(5,6)7/h8-15H2,1-7H3. The molecule has 0 amide bonds. The number of unbranched alkanes of at least 4 members (excludes halogenated alkanes) is 5. The van der Waals surface area contributed by atoms with Crippen molar-refractivity contribution < 1.29 is 9.31 Å². The van der Waals surface area contributed by atoms with Gasteiger partial charge in [-0.05, 0) is 34.0 Å². The third-order valence-electron chi connectivity index (χ3n) is 4.92. The average Bonchev–Trinajstić information content (AvgIpc) is 2.49. The molecule has 0 bridgehead atoms. The van der Waals surface area contributed by atoms with E-state index in [-0.39, 0.29) is 18.3 Å². The van der Waals surface area contributed by atoms with Crippen LogP contribution in [0.3, 0.4) is 0 Å². The summed E-state index contributed by atoms with van der Waals surface area (Å²) in [5, 5.41) is 0. The van der Waals surface area contributed by atoms with Gasteiger partial charge in [-0.15, -0.1) is 0 Å². The maximum absolute atomic E-state index is 6.03. The van der Waals surface area contributed by atoms with Gasteiger partial charge in [0.2, 0.25) is 0 Å². The van der Waals surface area contributed by atoms with Crippen molar-refractivity contribution in [2.24, 2.45) is 0 Å². The van der Waals surface area contributed by atoms with Crippen LogP contribution in [0.25, 0.3) is 0 Å². The van der Waals surface area contributed by atoms with Gasteiger partial charge in [-0.3, -0.25) is 0 Å². The molecular weight excluding hydrogens is 275 g/mol. The highest BCUT2D eigenvalue weighted by Gasteiger charge is 2.50. The SMILES string of the molecule is CC1(C)OB(CCCCCCCC[Si](C)(C)C)OC1(C)C. The summed E-state index contributed by atoms with van der Waals surface area (Å²) in [5.74, 6) is 0. The van der Waals surface area contributed by atoms with Crippen molar-refractivity contribution >= 4 is 15.2 Å². The van der Waals surface area contributed by atoms with E-state index in [1.807, 2.05) is 0 Å². The second kappa shape index (κ2) is 7.65. The largest absolute Gasteiger partial charge is 0.457 e. The predicted molar refractivity (Wildman–Crippen MR) is 96.7 cm³/mol. The Hall–Kier alpha value is 0.202. The highest BCUT2D eigenvalue weighted by atomic mass is 28.3. The molecule has 21 heavy (non-hydrogen) atoms. The Morgan fingerprint density at radius 2 is 1.14 bits per heavy atom. The van der Waals surface area contributed by atoms with Gasteiger partial charge in [0.05, 0.1) is 11.2 Å². The molecule has 1 fully saturated rings. The molecule has 1 aliphatic heterocycles.